The minimum atomic E-state index is -0.592. The van der Waals surface area contributed by atoms with Gasteiger partial charge in [-0.25, -0.2) is 4.79 Å². The highest BCUT2D eigenvalue weighted by Gasteiger charge is 2.13. The van der Waals surface area contributed by atoms with Crippen LogP contribution < -0.4 is 10.5 Å². The predicted molar refractivity (Wildman–Crippen MR) is 59.8 cm³/mol. The van der Waals surface area contributed by atoms with Gasteiger partial charge in [0.15, 0.2) is 0 Å². The van der Waals surface area contributed by atoms with Gasteiger partial charge in [-0.05, 0) is 24.5 Å². The number of benzene rings is 1. The van der Waals surface area contributed by atoms with Crippen LogP contribution >= 0.6 is 0 Å². The molecule has 1 aromatic carbocycles. The van der Waals surface area contributed by atoms with E-state index >= 15 is 0 Å². The van der Waals surface area contributed by atoms with E-state index in [1.807, 2.05) is 18.2 Å². The van der Waals surface area contributed by atoms with Gasteiger partial charge in [0.1, 0.15) is 11.8 Å². The number of carbonyl (C=O) groups excluding carboxylic acids is 1. The molecule has 0 amide bonds. The molecule has 3 heteroatoms. The van der Waals surface area contributed by atoms with Crippen LogP contribution in [0.4, 0.5) is 0 Å². The van der Waals surface area contributed by atoms with Crippen molar-refractivity contribution in [2.45, 2.75) is 32.7 Å². The van der Waals surface area contributed by atoms with Crippen molar-refractivity contribution in [3.63, 3.8) is 0 Å². The van der Waals surface area contributed by atoms with E-state index in [0.717, 1.165) is 5.56 Å². The van der Waals surface area contributed by atoms with Crippen LogP contribution in [0.15, 0.2) is 24.3 Å². The van der Waals surface area contributed by atoms with Crippen molar-refractivity contribution in [3.05, 3.63) is 29.8 Å². The Morgan fingerprint density at radius 3 is 2.40 bits per heavy atom. The van der Waals surface area contributed by atoms with Crippen molar-refractivity contribution in [2.24, 2.45) is 5.73 Å². The summed E-state index contributed by atoms with van der Waals surface area (Å²) in [5.41, 5.74) is 6.46. The molecule has 1 rings (SSSR count). The molecule has 0 aromatic heterocycles. The average Bonchev–Trinajstić information content (AvgIpc) is 2.18. The van der Waals surface area contributed by atoms with E-state index in [1.165, 1.54) is 0 Å². The maximum absolute atomic E-state index is 11.3. The van der Waals surface area contributed by atoms with Crippen molar-refractivity contribution in [3.8, 4) is 5.75 Å². The highest BCUT2D eigenvalue weighted by atomic mass is 16.5. The summed E-state index contributed by atoms with van der Waals surface area (Å²) < 4.78 is 5.20. The summed E-state index contributed by atoms with van der Waals surface area (Å²) in [6.45, 7) is 5.72. The molecular weight excluding hydrogens is 190 g/mol. The third-order valence-corrected chi connectivity index (χ3v) is 2.12. The minimum Gasteiger partial charge on any atom is -0.425 e. The van der Waals surface area contributed by atoms with E-state index in [4.69, 9.17) is 10.5 Å². The summed E-state index contributed by atoms with van der Waals surface area (Å²) in [5.74, 6) is 0.528. The van der Waals surface area contributed by atoms with Crippen molar-refractivity contribution < 1.29 is 9.53 Å². The van der Waals surface area contributed by atoms with E-state index in [9.17, 15) is 4.79 Å². The molecule has 0 aliphatic heterocycles. The van der Waals surface area contributed by atoms with Gasteiger partial charge in [-0.2, -0.15) is 0 Å². The second-order valence-electron chi connectivity index (χ2n) is 3.90. The fourth-order valence-corrected chi connectivity index (χ4v) is 1.25. The Hall–Kier alpha value is -1.35. The first-order chi connectivity index (χ1) is 7.02. The third-order valence-electron chi connectivity index (χ3n) is 2.12. The van der Waals surface area contributed by atoms with Gasteiger partial charge in [0.25, 0.3) is 0 Å². The van der Waals surface area contributed by atoms with E-state index in [-0.39, 0.29) is 0 Å². The number of hydrogen-bond donors (Lipinski definition) is 1. The molecule has 3 nitrogen and oxygen atoms in total. The predicted octanol–water partition coefficient (Wildman–Crippen LogP) is 2.06. The first-order valence-electron chi connectivity index (χ1n) is 5.08. The lowest BCUT2D eigenvalue weighted by Gasteiger charge is -2.13. The van der Waals surface area contributed by atoms with Gasteiger partial charge < -0.3 is 10.5 Å². The number of ether oxygens (including phenoxy) is 1. The van der Waals surface area contributed by atoms with Crippen molar-refractivity contribution in [1.82, 2.24) is 0 Å². The van der Waals surface area contributed by atoms with Crippen molar-refractivity contribution in [1.29, 1.82) is 0 Å². The Morgan fingerprint density at radius 2 is 1.87 bits per heavy atom. The smallest absolute Gasteiger partial charge is 0.328 e. The number of esters is 1. The Kier molecular flexibility index (Phi) is 3.86. The lowest BCUT2D eigenvalue weighted by molar-refractivity contribution is -0.135. The molecule has 0 aliphatic rings. The topological polar surface area (TPSA) is 52.3 Å². The summed E-state index contributed by atoms with van der Waals surface area (Å²) in [6, 6.07) is 6.92. The van der Waals surface area contributed by atoms with Gasteiger partial charge in [0.05, 0.1) is 0 Å². The second-order valence-corrected chi connectivity index (χ2v) is 3.90. The number of carbonyl (C=O) groups is 1. The van der Waals surface area contributed by atoms with E-state index in [0.29, 0.717) is 11.7 Å². The fourth-order valence-electron chi connectivity index (χ4n) is 1.25. The van der Waals surface area contributed by atoms with Gasteiger partial charge in [0.2, 0.25) is 0 Å². The third kappa shape index (κ3) is 3.06. The van der Waals surface area contributed by atoms with Crippen LogP contribution in [-0.4, -0.2) is 12.0 Å². The zero-order valence-corrected chi connectivity index (χ0v) is 9.36. The highest BCUT2D eigenvalue weighted by Crippen LogP contribution is 2.25. The van der Waals surface area contributed by atoms with Gasteiger partial charge in [0, 0.05) is 0 Å². The van der Waals surface area contributed by atoms with E-state index in [1.54, 1.807) is 13.0 Å². The molecule has 1 unspecified atom stereocenters. The Morgan fingerprint density at radius 1 is 1.27 bits per heavy atom. The molecule has 0 heterocycles. The molecule has 0 radical (unpaired) electrons. The summed E-state index contributed by atoms with van der Waals surface area (Å²) in [5, 5.41) is 0. The normalized spacial score (nSPS) is 12.6. The fraction of sp³-hybridized carbons (Fsp3) is 0.417. The molecule has 0 saturated heterocycles. The Bertz CT molecular complexity index is 345. The molecule has 2 N–H and O–H groups in total. The number of rotatable bonds is 3. The second kappa shape index (κ2) is 4.94. The molecule has 0 fully saturated rings. The van der Waals surface area contributed by atoms with Gasteiger partial charge in [-0.1, -0.05) is 32.0 Å². The molecule has 0 bridgehead atoms. The van der Waals surface area contributed by atoms with E-state index < -0.39 is 12.0 Å². The Balaban J connectivity index is 2.89. The molecule has 15 heavy (non-hydrogen) atoms. The zero-order valence-electron chi connectivity index (χ0n) is 9.36. The van der Waals surface area contributed by atoms with Crippen LogP contribution in [0.25, 0.3) is 0 Å². The molecule has 1 atom stereocenters. The number of para-hydroxylation sites is 1. The maximum Gasteiger partial charge on any atom is 0.328 e. The van der Waals surface area contributed by atoms with Crippen LogP contribution in [0.5, 0.6) is 5.75 Å². The van der Waals surface area contributed by atoms with Crippen LogP contribution in [0.2, 0.25) is 0 Å². The van der Waals surface area contributed by atoms with Crippen LogP contribution in [-0.2, 0) is 4.79 Å². The highest BCUT2D eigenvalue weighted by molar-refractivity contribution is 5.77. The molecule has 0 spiro atoms. The summed E-state index contributed by atoms with van der Waals surface area (Å²) >= 11 is 0. The summed E-state index contributed by atoms with van der Waals surface area (Å²) in [6.07, 6.45) is 0. The lowest BCUT2D eigenvalue weighted by Crippen LogP contribution is -2.31. The first kappa shape index (κ1) is 11.7. The average molecular weight is 207 g/mol. The van der Waals surface area contributed by atoms with Crippen LogP contribution in [0.3, 0.4) is 0 Å². The van der Waals surface area contributed by atoms with Crippen LogP contribution in [0.1, 0.15) is 32.3 Å². The first-order valence-corrected chi connectivity index (χ1v) is 5.08. The van der Waals surface area contributed by atoms with Crippen molar-refractivity contribution >= 4 is 5.97 Å². The molecule has 82 valence electrons. The minimum absolute atomic E-state index is 0.321. The van der Waals surface area contributed by atoms with E-state index in [2.05, 4.69) is 13.8 Å². The molecule has 0 saturated carbocycles. The SMILES string of the molecule is CC(N)C(=O)Oc1ccccc1C(C)C. The standard InChI is InChI=1S/C12H17NO2/c1-8(2)10-6-4-5-7-11(10)15-12(14)9(3)13/h4-9H,13H2,1-3H3. The monoisotopic (exact) mass is 207 g/mol. The van der Waals surface area contributed by atoms with Crippen LogP contribution in [0, 0.1) is 0 Å². The van der Waals surface area contributed by atoms with Crippen molar-refractivity contribution in [2.75, 3.05) is 0 Å². The Labute approximate surface area is 90.2 Å². The van der Waals surface area contributed by atoms with Gasteiger partial charge in [-0.15, -0.1) is 0 Å². The number of nitrogens with two attached hydrogens (primary N) is 1. The zero-order chi connectivity index (χ0) is 11.4. The maximum atomic E-state index is 11.3. The quantitative estimate of drug-likeness (QED) is 0.609. The molecular formula is C12H17NO2. The number of hydrogen-bond acceptors (Lipinski definition) is 3. The largest absolute Gasteiger partial charge is 0.425 e. The molecule has 1 aromatic rings. The molecule has 0 aliphatic carbocycles. The lowest BCUT2D eigenvalue weighted by atomic mass is 10.0. The summed E-state index contributed by atoms with van der Waals surface area (Å²) in [4.78, 5) is 11.3. The summed E-state index contributed by atoms with van der Waals surface area (Å²) in [7, 11) is 0. The van der Waals surface area contributed by atoms with Gasteiger partial charge in [-0.3, -0.25) is 0 Å². The van der Waals surface area contributed by atoms with Gasteiger partial charge >= 0.3 is 5.97 Å².